The molecule has 2 atom stereocenters. The number of fused-ring (bicyclic) bond motifs is 3. The van der Waals surface area contributed by atoms with E-state index in [1.165, 1.54) is 0 Å². The van der Waals surface area contributed by atoms with E-state index in [1.54, 1.807) is 35.9 Å². The van der Waals surface area contributed by atoms with Crippen molar-refractivity contribution < 1.29 is 23.1 Å². The number of nitrogens with two attached hydrogens (primary N) is 1. The number of hydrogen-bond donors (Lipinski definition) is 2. The van der Waals surface area contributed by atoms with Gasteiger partial charge in [-0.25, -0.2) is 13.8 Å². The Morgan fingerprint density at radius 2 is 2.23 bits per heavy atom. The molecule has 2 aliphatic heterocycles. The van der Waals surface area contributed by atoms with E-state index in [0.717, 1.165) is 16.7 Å². The van der Waals surface area contributed by atoms with Crippen molar-refractivity contribution in [3.8, 4) is 17.1 Å². The number of primary amides is 1. The highest BCUT2D eigenvalue weighted by atomic mass is 32.2. The number of aromatic nitrogens is 2. The van der Waals surface area contributed by atoms with E-state index < -0.39 is 29.7 Å². The molecule has 0 radical (unpaired) electrons. The lowest BCUT2D eigenvalue weighted by atomic mass is 10.1. The van der Waals surface area contributed by atoms with Gasteiger partial charge in [0.05, 0.1) is 12.1 Å². The van der Waals surface area contributed by atoms with Crippen LogP contribution in [0.25, 0.3) is 11.4 Å². The molecule has 1 fully saturated rings. The van der Waals surface area contributed by atoms with Crippen molar-refractivity contribution >= 4 is 34.4 Å². The van der Waals surface area contributed by atoms with Gasteiger partial charge in [0.2, 0.25) is 5.91 Å². The summed E-state index contributed by atoms with van der Waals surface area (Å²) < 4.78 is 34.7. The molecule has 8 nitrogen and oxygen atoms in total. The van der Waals surface area contributed by atoms with Crippen LogP contribution in [0.15, 0.2) is 24.4 Å². The number of carbonyl (C=O) groups is 2. The van der Waals surface area contributed by atoms with Crippen molar-refractivity contribution in [1.82, 2.24) is 9.55 Å². The Kier molecular flexibility index (Phi) is 5.54. The molecule has 1 unspecified atom stereocenters. The van der Waals surface area contributed by atoms with E-state index in [-0.39, 0.29) is 12.2 Å². The molecule has 1 saturated heterocycles. The Balaban J connectivity index is 1.69. The van der Waals surface area contributed by atoms with Crippen LogP contribution in [0.3, 0.4) is 0 Å². The molecule has 3 heterocycles. The Bertz CT molecular complexity index is 983. The van der Waals surface area contributed by atoms with Crippen molar-refractivity contribution in [2.24, 2.45) is 5.73 Å². The molecular formula is C19H21F2N5O3S. The van der Waals surface area contributed by atoms with Crippen LogP contribution in [0.1, 0.15) is 13.3 Å². The molecule has 0 saturated carbocycles. The average Bonchev–Trinajstić information content (AvgIpc) is 3.03. The van der Waals surface area contributed by atoms with Crippen molar-refractivity contribution in [1.29, 1.82) is 0 Å². The first-order valence-electron chi connectivity index (χ1n) is 9.49. The standard InChI is InChI=1S/C19H21F2N5O3S/c1-10(17(22)27)23-11-2-3-12-14(8-11)29-6-5-25-9-15(24-18(12)25)26-13(16(20)21)4-7-30-19(26)28/h2-3,8-10,13,16,23H,4-7H2,1H3,(H2,22,27)/t10-,13?/m0/s1. The maximum absolute atomic E-state index is 13.5. The summed E-state index contributed by atoms with van der Waals surface area (Å²) in [6, 6.07) is 3.53. The van der Waals surface area contributed by atoms with E-state index in [4.69, 9.17) is 10.5 Å². The SMILES string of the molecule is C[C@H](Nc1ccc2c(c1)OCCn1cc(N3C(=O)SCCC3C(F)F)nc1-2)C(N)=O. The Hall–Kier alpha value is -2.82. The molecule has 1 aromatic heterocycles. The molecule has 4 rings (SSSR count). The molecule has 0 aliphatic carbocycles. The highest BCUT2D eigenvalue weighted by Gasteiger charge is 2.38. The monoisotopic (exact) mass is 437 g/mol. The molecule has 3 N–H and O–H groups in total. The van der Waals surface area contributed by atoms with Crippen LogP contribution in [-0.4, -0.2) is 51.6 Å². The Labute approximate surface area is 175 Å². The van der Waals surface area contributed by atoms with Gasteiger partial charge in [-0.15, -0.1) is 0 Å². The summed E-state index contributed by atoms with van der Waals surface area (Å²) in [5.74, 6) is 1.17. The van der Waals surface area contributed by atoms with Gasteiger partial charge in [-0.3, -0.25) is 14.5 Å². The van der Waals surface area contributed by atoms with Crippen LogP contribution in [0.2, 0.25) is 0 Å². The van der Waals surface area contributed by atoms with Crippen LogP contribution in [0.4, 0.5) is 25.1 Å². The molecule has 160 valence electrons. The first-order valence-corrected chi connectivity index (χ1v) is 10.5. The van der Waals surface area contributed by atoms with Crippen LogP contribution in [0, 0.1) is 0 Å². The van der Waals surface area contributed by atoms with E-state index in [0.29, 0.717) is 41.7 Å². The van der Waals surface area contributed by atoms with Gasteiger partial charge in [0.1, 0.15) is 30.3 Å². The summed E-state index contributed by atoms with van der Waals surface area (Å²) in [7, 11) is 0. The van der Waals surface area contributed by atoms with Gasteiger partial charge in [0.15, 0.2) is 5.82 Å². The van der Waals surface area contributed by atoms with Crippen LogP contribution in [-0.2, 0) is 11.3 Å². The molecule has 1 aromatic carbocycles. The summed E-state index contributed by atoms with van der Waals surface area (Å²) in [5.41, 5.74) is 6.62. The number of rotatable bonds is 5. The second-order valence-corrected chi connectivity index (χ2v) is 8.16. The number of imidazole rings is 1. The van der Waals surface area contributed by atoms with Crippen LogP contribution in [0.5, 0.6) is 5.75 Å². The van der Waals surface area contributed by atoms with Crippen LogP contribution < -0.4 is 20.7 Å². The van der Waals surface area contributed by atoms with Crippen molar-refractivity contribution in [3.05, 3.63) is 24.4 Å². The number of thioether (sulfide) groups is 1. The van der Waals surface area contributed by atoms with Crippen molar-refractivity contribution in [2.45, 2.75) is 38.4 Å². The summed E-state index contributed by atoms with van der Waals surface area (Å²) >= 11 is 1.02. The van der Waals surface area contributed by atoms with Gasteiger partial charge >= 0.3 is 0 Å². The number of carbonyl (C=O) groups excluding carboxylic acids is 2. The van der Waals surface area contributed by atoms with Gasteiger partial charge in [-0.2, -0.15) is 0 Å². The van der Waals surface area contributed by atoms with Gasteiger partial charge in [-0.05, 0) is 25.5 Å². The average molecular weight is 437 g/mol. The third kappa shape index (κ3) is 3.81. The molecule has 2 amide bonds. The van der Waals surface area contributed by atoms with E-state index >= 15 is 0 Å². The number of alkyl halides is 2. The normalized spacial score (nSPS) is 19.5. The lowest BCUT2D eigenvalue weighted by Gasteiger charge is -2.32. The van der Waals surface area contributed by atoms with E-state index in [2.05, 4.69) is 10.3 Å². The van der Waals surface area contributed by atoms with Gasteiger partial charge < -0.3 is 20.4 Å². The number of benzene rings is 1. The quantitative estimate of drug-likeness (QED) is 0.746. The van der Waals surface area contributed by atoms with Crippen molar-refractivity contribution in [3.63, 3.8) is 0 Å². The highest BCUT2D eigenvalue weighted by molar-refractivity contribution is 8.14. The zero-order chi connectivity index (χ0) is 21.4. The first kappa shape index (κ1) is 20.5. The maximum Gasteiger partial charge on any atom is 0.287 e. The summed E-state index contributed by atoms with van der Waals surface area (Å²) in [4.78, 5) is 29.3. The lowest BCUT2D eigenvalue weighted by Crippen LogP contribution is -2.46. The number of nitrogens with zero attached hydrogens (tertiary/aromatic N) is 3. The molecular weight excluding hydrogens is 416 g/mol. The fourth-order valence-electron chi connectivity index (χ4n) is 3.50. The number of nitrogens with one attached hydrogen (secondary N) is 1. The van der Waals surface area contributed by atoms with Crippen molar-refractivity contribution in [2.75, 3.05) is 22.6 Å². The molecule has 0 spiro atoms. The number of anilines is 2. The molecule has 2 aliphatic rings. The first-order chi connectivity index (χ1) is 14.3. The smallest absolute Gasteiger partial charge is 0.287 e. The summed E-state index contributed by atoms with van der Waals surface area (Å²) in [5, 5.41) is 2.58. The zero-order valence-corrected chi connectivity index (χ0v) is 17.0. The largest absolute Gasteiger partial charge is 0.491 e. The van der Waals surface area contributed by atoms with Gasteiger partial charge in [-0.1, -0.05) is 11.8 Å². The minimum atomic E-state index is -2.65. The van der Waals surface area contributed by atoms with Gasteiger partial charge in [0.25, 0.3) is 11.7 Å². The number of halogens is 2. The number of ether oxygens (including phenoxy) is 1. The second-order valence-electron chi connectivity index (χ2n) is 7.12. The lowest BCUT2D eigenvalue weighted by molar-refractivity contribution is -0.118. The van der Waals surface area contributed by atoms with E-state index in [9.17, 15) is 18.4 Å². The topological polar surface area (TPSA) is 102 Å². The predicted octanol–water partition coefficient (Wildman–Crippen LogP) is 2.93. The Morgan fingerprint density at radius 1 is 1.43 bits per heavy atom. The highest BCUT2D eigenvalue weighted by Crippen LogP contribution is 2.38. The summed E-state index contributed by atoms with van der Waals surface area (Å²) in [6.07, 6.45) is -0.815. The third-order valence-corrected chi connectivity index (χ3v) is 5.97. The molecule has 0 bridgehead atoms. The second kappa shape index (κ2) is 8.13. The van der Waals surface area contributed by atoms with Crippen LogP contribution >= 0.6 is 11.8 Å². The van der Waals surface area contributed by atoms with E-state index in [1.807, 2.05) is 0 Å². The minimum absolute atomic E-state index is 0.211. The Morgan fingerprint density at radius 3 is 2.97 bits per heavy atom. The fraction of sp³-hybridized carbons (Fsp3) is 0.421. The van der Waals surface area contributed by atoms with Gasteiger partial charge in [0, 0.05) is 23.7 Å². The number of hydrogen-bond acceptors (Lipinski definition) is 6. The molecule has 2 aromatic rings. The maximum atomic E-state index is 13.5. The molecule has 30 heavy (non-hydrogen) atoms. The summed E-state index contributed by atoms with van der Waals surface area (Å²) in [6.45, 7) is 2.44. The molecule has 11 heteroatoms. The third-order valence-electron chi connectivity index (χ3n) is 5.09. The predicted molar refractivity (Wildman–Crippen MR) is 110 cm³/mol. The minimum Gasteiger partial charge on any atom is -0.491 e. The fourth-order valence-corrected chi connectivity index (χ4v) is 4.40. The zero-order valence-electron chi connectivity index (χ0n) is 16.2. The number of amides is 2.